The fourth-order valence-corrected chi connectivity index (χ4v) is 30.8. The molecular formula is C38H36P2. The van der Waals surface area contributed by atoms with Crippen LogP contribution in [-0.4, -0.2) is 13.3 Å². The Morgan fingerprint density at radius 1 is 0.225 bits per heavy atom. The van der Waals surface area contributed by atoms with Crippen LogP contribution in [-0.2, 0) is 0 Å². The van der Waals surface area contributed by atoms with Crippen molar-refractivity contribution in [3.8, 4) is 0 Å². The molecule has 0 bridgehead atoms. The molecule has 0 atom stereocenters. The van der Waals surface area contributed by atoms with Crippen LogP contribution >= 0.6 is 12.6 Å². The molecule has 0 aliphatic rings. The van der Waals surface area contributed by atoms with Gasteiger partial charge in [0.25, 0.3) is 0 Å². The maximum absolute atomic E-state index is 3.47. The molecule has 0 unspecified atom stereocenters. The zero-order valence-electron chi connectivity index (χ0n) is 23.2. The van der Waals surface area contributed by atoms with Gasteiger partial charge in [-0.3, -0.25) is 0 Å². The molecule has 6 aromatic carbocycles. The Bertz CT molecular complexity index is 1370. The molecule has 198 valence electrons. The van der Waals surface area contributed by atoms with Gasteiger partial charge in [0.15, 0.2) is 0 Å². The third kappa shape index (κ3) is 3.22. The van der Waals surface area contributed by atoms with Gasteiger partial charge in [-0.25, -0.2) is 0 Å². The number of rotatable bonds is 7. The predicted octanol–water partition coefficient (Wildman–Crippen LogP) is 7.22. The van der Waals surface area contributed by atoms with Crippen LogP contribution in [0.3, 0.4) is 0 Å². The molecule has 0 amide bonds. The van der Waals surface area contributed by atoms with Gasteiger partial charge in [0.05, 0.1) is 0 Å². The molecule has 2 heteroatoms. The molecule has 0 fully saturated rings. The zero-order valence-corrected chi connectivity index (χ0v) is 25.0. The minimum absolute atomic E-state index is 1.41. The molecule has 0 aromatic heterocycles. The monoisotopic (exact) mass is 554 g/mol. The van der Waals surface area contributed by atoms with Crippen LogP contribution in [0.5, 0.6) is 0 Å². The first kappa shape index (κ1) is 26.4. The Hall–Kier alpha value is -3.82. The van der Waals surface area contributed by atoms with Gasteiger partial charge in [-0.1, -0.05) is 0 Å². The van der Waals surface area contributed by atoms with Gasteiger partial charge in [0.1, 0.15) is 0 Å². The van der Waals surface area contributed by atoms with Crippen molar-refractivity contribution in [2.45, 2.75) is 0 Å². The standard InChI is InChI=1S/C38H36P2/c1-39(33-21-9-3-10-22-33,34-23-11-4-12-24-34,35-25-13-5-14-26-35)40(2,36-27-15-6-16-28-36,37-29-17-7-18-30-37)38-31-19-8-20-32-38/h3-32H,1-2H3. The molecule has 0 spiro atoms. The van der Waals surface area contributed by atoms with Crippen molar-refractivity contribution in [2.24, 2.45) is 0 Å². The summed E-state index contributed by atoms with van der Waals surface area (Å²) < 4.78 is 0. The minimum atomic E-state index is -3.47. The first-order valence-corrected chi connectivity index (χ1v) is 20.0. The predicted molar refractivity (Wildman–Crippen MR) is 182 cm³/mol. The quantitative estimate of drug-likeness (QED) is 0.183. The Morgan fingerprint density at radius 3 is 0.475 bits per heavy atom. The van der Waals surface area contributed by atoms with E-state index in [-0.39, 0.29) is 0 Å². The van der Waals surface area contributed by atoms with Crippen LogP contribution in [0.4, 0.5) is 0 Å². The van der Waals surface area contributed by atoms with Crippen molar-refractivity contribution in [3.63, 3.8) is 0 Å². The zero-order chi connectivity index (χ0) is 27.6. The van der Waals surface area contributed by atoms with Crippen molar-refractivity contribution in [3.05, 3.63) is 182 Å². The fraction of sp³-hybridized carbons (Fsp3) is 0.0526. The Kier molecular flexibility index (Phi) is 6.59. The summed E-state index contributed by atoms with van der Waals surface area (Å²) >= 11 is 0. The summed E-state index contributed by atoms with van der Waals surface area (Å²) in [6.45, 7) is 5.33. The van der Waals surface area contributed by atoms with Gasteiger partial charge >= 0.3 is 240 Å². The summed E-state index contributed by atoms with van der Waals surface area (Å²) in [5.74, 6) is 0. The van der Waals surface area contributed by atoms with Crippen LogP contribution < -0.4 is 31.8 Å². The van der Waals surface area contributed by atoms with E-state index >= 15 is 0 Å². The van der Waals surface area contributed by atoms with E-state index in [0.717, 1.165) is 0 Å². The van der Waals surface area contributed by atoms with Crippen molar-refractivity contribution >= 4 is 44.4 Å². The van der Waals surface area contributed by atoms with E-state index in [1.807, 2.05) is 0 Å². The summed E-state index contributed by atoms with van der Waals surface area (Å²) in [5.41, 5.74) is 0. The molecule has 6 rings (SSSR count). The van der Waals surface area contributed by atoms with Crippen molar-refractivity contribution in [1.82, 2.24) is 0 Å². The average Bonchev–Trinajstić information content (AvgIpc) is 3.06. The van der Waals surface area contributed by atoms with E-state index in [9.17, 15) is 0 Å². The van der Waals surface area contributed by atoms with Crippen molar-refractivity contribution in [2.75, 3.05) is 13.3 Å². The van der Waals surface area contributed by atoms with E-state index < -0.39 is 12.6 Å². The second-order valence-electron chi connectivity index (χ2n) is 11.0. The van der Waals surface area contributed by atoms with Crippen LogP contribution in [0.15, 0.2) is 182 Å². The summed E-state index contributed by atoms with van der Waals surface area (Å²) in [4.78, 5) is 0. The molecule has 0 nitrogen and oxygen atoms in total. The van der Waals surface area contributed by atoms with Crippen LogP contribution in [0.1, 0.15) is 0 Å². The van der Waals surface area contributed by atoms with E-state index in [1.54, 1.807) is 0 Å². The topological polar surface area (TPSA) is 0 Å². The molecule has 0 aliphatic heterocycles. The van der Waals surface area contributed by atoms with Crippen molar-refractivity contribution < 1.29 is 0 Å². The number of benzene rings is 6. The van der Waals surface area contributed by atoms with Crippen LogP contribution in [0.2, 0.25) is 0 Å². The van der Waals surface area contributed by atoms with Gasteiger partial charge in [0, 0.05) is 0 Å². The molecular weight excluding hydrogens is 518 g/mol. The molecule has 0 heterocycles. The van der Waals surface area contributed by atoms with Gasteiger partial charge in [0.2, 0.25) is 0 Å². The molecule has 0 radical (unpaired) electrons. The molecule has 0 aliphatic carbocycles. The molecule has 6 aromatic rings. The third-order valence-electron chi connectivity index (χ3n) is 9.58. The third-order valence-corrected chi connectivity index (χ3v) is 33.1. The number of hydrogen-bond donors (Lipinski definition) is 0. The van der Waals surface area contributed by atoms with Gasteiger partial charge < -0.3 is 0 Å². The first-order chi connectivity index (χ1) is 19.5. The second-order valence-corrected chi connectivity index (χ2v) is 26.1. The molecule has 0 saturated carbocycles. The summed E-state index contributed by atoms with van der Waals surface area (Å²) in [7, 11) is 0. The van der Waals surface area contributed by atoms with Crippen LogP contribution in [0, 0.1) is 0 Å². The second kappa shape index (κ2) is 9.98. The fourth-order valence-electron chi connectivity index (χ4n) is 7.38. The Balaban J connectivity index is 2.05. The Morgan fingerprint density at radius 2 is 0.350 bits per heavy atom. The maximum atomic E-state index is 2.66. The van der Waals surface area contributed by atoms with Gasteiger partial charge in [-0.15, -0.1) is 0 Å². The van der Waals surface area contributed by atoms with Gasteiger partial charge in [-0.05, 0) is 0 Å². The van der Waals surface area contributed by atoms with Gasteiger partial charge in [-0.2, -0.15) is 0 Å². The molecule has 40 heavy (non-hydrogen) atoms. The number of hydrogen-bond acceptors (Lipinski definition) is 0. The van der Waals surface area contributed by atoms with Crippen molar-refractivity contribution in [1.29, 1.82) is 0 Å². The van der Waals surface area contributed by atoms with Crippen LogP contribution in [0.25, 0.3) is 0 Å². The van der Waals surface area contributed by atoms with E-state index in [1.165, 1.54) is 31.8 Å². The van der Waals surface area contributed by atoms with E-state index in [4.69, 9.17) is 0 Å². The average molecular weight is 555 g/mol. The first-order valence-electron chi connectivity index (χ1n) is 13.9. The molecule has 0 saturated heterocycles. The summed E-state index contributed by atoms with van der Waals surface area (Å²) in [5, 5.41) is 8.43. The normalized spacial score (nSPS) is 13.8. The van der Waals surface area contributed by atoms with E-state index in [2.05, 4.69) is 195 Å². The summed E-state index contributed by atoms with van der Waals surface area (Å²) in [6.07, 6.45) is -6.95. The van der Waals surface area contributed by atoms with E-state index in [0.29, 0.717) is 0 Å². The SMILES string of the molecule is CP(c1ccccc1)(c1ccccc1)(c1ccccc1)P(C)(c1ccccc1)(c1ccccc1)c1ccccc1. The Labute approximate surface area is 239 Å². The summed E-state index contributed by atoms with van der Waals surface area (Å²) in [6, 6.07) is 68.5. The molecule has 0 N–H and O–H groups in total.